The van der Waals surface area contributed by atoms with Crippen molar-refractivity contribution in [1.29, 1.82) is 0 Å². The number of rotatable bonds is 5. The molecule has 1 aliphatic rings. The number of halogens is 5. The highest BCUT2D eigenvalue weighted by molar-refractivity contribution is 5.99. The predicted octanol–water partition coefficient (Wildman–Crippen LogP) is 5.22. The van der Waals surface area contributed by atoms with Crippen molar-refractivity contribution < 1.29 is 26.7 Å². The molecule has 0 aliphatic carbocycles. The van der Waals surface area contributed by atoms with Gasteiger partial charge in [-0.3, -0.25) is 9.78 Å². The molecule has 1 fully saturated rings. The Morgan fingerprint density at radius 1 is 1.14 bits per heavy atom. The summed E-state index contributed by atoms with van der Waals surface area (Å²) in [6.45, 7) is 1.40. The molecule has 1 aliphatic heterocycles. The van der Waals surface area contributed by atoms with E-state index in [2.05, 4.69) is 20.3 Å². The Balaban J connectivity index is 1.58. The van der Waals surface area contributed by atoms with Crippen molar-refractivity contribution in [1.82, 2.24) is 19.9 Å². The summed E-state index contributed by atoms with van der Waals surface area (Å²) in [5.74, 6) is -3.42. The standard InChI is InChI=1S/C24H22F5N5O/c1-15-5-7-18(19-4-2-3-10-30-19)21(33-15)22(35)34-11-9-23(25,26)12-17(34)14-32-20-8-6-16(13-31-20)24(27,28)29/h2-8,10,13,17H,9,11-12,14H2,1H3,(H,31,32)/t17-/m0/s1. The van der Waals surface area contributed by atoms with Crippen molar-refractivity contribution in [3.05, 3.63) is 71.8 Å². The van der Waals surface area contributed by atoms with Crippen LogP contribution in [0.1, 0.15) is 34.6 Å². The Morgan fingerprint density at radius 2 is 1.94 bits per heavy atom. The number of alkyl halides is 5. The lowest BCUT2D eigenvalue weighted by atomic mass is 9.97. The van der Waals surface area contributed by atoms with Crippen LogP contribution in [-0.4, -0.2) is 50.8 Å². The lowest BCUT2D eigenvalue weighted by molar-refractivity contribution is -0.137. The van der Waals surface area contributed by atoms with Gasteiger partial charge in [0.2, 0.25) is 0 Å². The van der Waals surface area contributed by atoms with Crippen LogP contribution in [0.15, 0.2) is 54.9 Å². The smallest absolute Gasteiger partial charge is 0.368 e. The van der Waals surface area contributed by atoms with Gasteiger partial charge in [0.15, 0.2) is 0 Å². The molecule has 0 saturated carbocycles. The molecule has 35 heavy (non-hydrogen) atoms. The van der Waals surface area contributed by atoms with E-state index in [0.29, 0.717) is 23.1 Å². The molecule has 6 nitrogen and oxygen atoms in total. The van der Waals surface area contributed by atoms with Gasteiger partial charge in [0.1, 0.15) is 11.5 Å². The first-order valence-electron chi connectivity index (χ1n) is 10.9. The van der Waals surface area contributed by atoms with E-state index in [4.69, 9.17) is 0 Å². The quantitative estimate of drug-likeness (QED) is 0.496. The Labute approximate surface area is 198 Å². The van der Waals surface area contributed by atoms with Gasteiger partial charge in [-0.1, -0.05) is 6.07 Å². The van der Waals surface area contributed by atoms with E-state index in [1.54, 1.807) is 43.5 Å². The largest absolute Gasteiger partial charge is 0.417 e. The molecule has 0 spiro atoms. The lowest BCUT2D eigenvalue weighted by Gasteiger charge is -2.39. The number of likely N-dealkylation sites (tertiary alicyclic amines) is 1. The van der Waals surface area contributed by atoms with E-state index in [0.717, 1.165) is 12.1 Å². The minimum atomic E-state index is -4.54. The molecular weight excluding hydrogens is 469 g/mol. The van der Waals surface area contributed by atoms with E-state index in [1.165, 1.54) is 4.90 Å². The van der Waals surface area contributed by atoms with Crippen LogP contribution in [-0.2, 0) is 6.18 Å². The second kappa shape index (κ2) is 9.55. The first kappa shape index (κ1) is 24.5. The minimum absolute atomic E-state index is 0.0853. The van der Waals surface area contributed by atoms with Gasteiger partial charge in [-0.05, 0) is 43.3 Å². The molecule has 1 saturated heterocycles. The zero-order valence-electron chi connectivity index (χ0n) is 18.7. The fourth-order valence-electron chi connectivity index (χ4n) is 3.95. The summed E-state index contributed by atoms with van der Waals surface area (Å²) in [4.78, 5) is 27.3. The topological polar surface area (TPSA) is 71.0 Å². The molecule has 4 heterocycles. The monoisotopic (exact) mass is 491 g/mol. The molecule has 3 aromatic heterocycles. The van der Waals surface area contributed by atoms with Crippen LogP contribution in [0.5, 0.6) is 0 Å². The Bertz CT molecular complexity index is 1190. The predicted molar refractivity (Wildman–Crippen MR) is 119 cm³/mol. The van der Waals surface area contributed by atoms with Crippen LogP contribution in [0.3, 0.4) is 0 Å². The fourth-order valence-corrected chi connectivity index (χ4v) is 3.95. The van der Waals surface area contributed by atoms with Crippen LogP contribution in [0.4, 0.5) is 27.8 Å². The van der Waals surface area contributed by atoms with Crippen LogP contribution in [0.2, 0.25) is 0 Å². The number of amides is 1. The van der Waals surface area contributed by atoms with Gasteiger partial charge in [-0.2, -0.15) is 13.2 Å². The summed E-state index contributed by atoms with van der Waals surface area (Å²) in [6, 6.07) is 9.71. The average Bonchev–Trinajstić information content (AvgIpc) is 2.82. The van der Waals surface area contributed by atoms with Gasteiger partial charge < -0.3 is 10.2 Å². The number of aromatic nitrogens is 3. The van der Waals surface area contributed by atoms with E-state index in [9.17, 15) is 26.7 Å². The van der Waals surface area contributed by atoms with Gasteiger partial charge in [-0.25, -0.2) is 18.7 Å². The summed E-state index contributed by atoms with van der Waals surface area (Å²) in [5, 5.41) is 2.79. The Morgan fingerprint density at radius 3 is 2.60 bits per heavy atom. The van der Waals surface area contributed by atoms with Crippen molar-refractivity contribution in [2.24, 2.45) is 0 Å². The van der Waals surface area contributed by atoms with Crippen molar-refractivity contribution in [3.8, 4) is 11.3 Å². The number of nitrogens with one attached hydrogen (secondary N) is 1. The molecule has 0 radical (unpaired) electrons. The summed E-state index contributed by atoms with van der Waals surface area (Å²) in [6.07, 6.45) is -3.40. The lowest BCUT2D eigenvalue weighted by Crippen LogP contribution is -2.52. The van der Waals surface area contributed by atoms with E-state index < -0.39 is 42.5 Å². The highest BCUT2D eigenvalue weighted by atomic mass is 19.4. The molecule has 1 N–H and O–H groups in total. The molecule has 184 valence electrons. The van der Waals surface area contributed by atoms with Gasteiger partial charge >= 0.3 is 6.18 Å². The number of pyridine rings is 3. The molecule has 0 unspecified atom stereocenters. The third-order valence-corrected chi connectivity index (χ3v) is 5.74. The maximum atomic E-state index is 14.3. The van der Waals surface area contributed by atoms with Crippen molar-refractivity contribution in [2.75, 3.05) is 18.4 Å². The summed E-state index contributed by atoms with van der Waals surface area (Å²) in [7, 11) is 0. The SMILES string of the molecule is Cc1ccc(-c2ccccn2)c(C(=O)N2CCC(F)(F)C[C@H]2CNc2ccc(C(F)(F)F)cn2)n1. The highest BCUT2D eigenvalue weighted by Gasteiger charge is 2.43. The average molecular weight is 491 g/mol. The molecule has 1 amide bonds. The first-order valence-corrected chi connectivity index (χ1v) is 10.9. The van der Waals surface area contributed by atoms with E-state index >= 15 is 0 Å². The zero-order valence-corrected chi connectivity index (χ0v) is 18.7. The third-order valence-electron chi connectivity index (χ3n) is 5.74. The molecule has 0 aromatic carbocycles. The van der Waals surface area contributed by atoms with Gasteiger partial charge in [0.05, 0.1) is 17.3 Å². The second-order valence-corrected chi connectivity index (χ2v) is 8.34. The van der Waals surface area contributed by atoms with E-state index in [1.807, 2.05) is 0 Å². The number of anilines is 1. The van der Waals surface area contributed by atoms with Gasteiger partial charge in [0.25, 0.3) is 11.8 Å². The maximum absolute atomic E-state index is 14.3. The summed E-state index contributed by atoms with van der Waals surface area (Å²) in [5.41, 5.74) is 0.770. The first-order chi connectivity index (χ1) is 16.5. The van der Waals surface area contributed by atoms with Gasteiger partial charge in [-0.15, -0.1) is 0 Å². The van der Waals surface area contributed by atoms with Gasteiger partial charge in [0, 0.05) is 49.6 Å². The Hall–Kier alpha value is -3.63. The molecule has 0 bridgehead atoms. The van der Waals surface area contributed by atoms with Crippen molar-refractivity contribution in [3.63, 3.8) is 0 Å². The zero-order chi connectivity index (χ0) is 25.2. The molecule has 3 aromatic rings. The number of hydrogen-bond acceptors (Lipinski definition) is 5. The van der Waals surface area contributed by atoms with Crippen molar-refractivity contribution in [2.45, 2.75) is 37.9 Å². The molecule has 1 atom stereocenters. The van der Waals surface area contributed by atoms with Crippen molar-refractivity contribution >= 4 is 11.7 Å². The van der Waals surface area contributed by atoms with Crippen LogP contribution in [0.25, 0.3) is 11.3 Å². The summed E-state index contributed by atoms with van der Waals surface area (Å²) >= 11 is 0. The second-order valence-electron chi connectivity index (χ2n) is 8.34. The van der Waals surface area contributed by atoms with Crippen LogP contribution >= 0.6 is 0 Å². The molecule has 4 rings (SSSR count). The number of piperidine rings is 1. The fraction of sp³-hybridized carbons (Fsp3) is 0.333. The van der Waals surface area contributed by atoms with Crippen LogP contribution in [0, 0.1) is 6.92 Å². The Kier molecular flexibility index (Phi) is 6.68. The third kappa shape index (κ3) is 5.72. The number of carbonyl (C=O) groups is 1. The highest BCUT2D eigenvalue weighted by Crippen LogP contribution is 2.34. The molecule has 11 heteroatoms. The van der Waals surface area contributed by atoms with E-state index in [-0.39, 0.29) is 24.6 Å². The minimum Gasteiger partial charge on any atom is -0.368 e. The maximum Gasteiger partial charge on any atom is 0.417 e. The number of aryl methyl sites for hydroxylation is 1. The number of nitrogens with zero attached hydrogens (tertiary/aromatic N) is 4. The number of hydrogen-bond donors (Lipinski definition) is 1. The molecular formula is C24H22F5N5O. The normalized spacial score (nSPS) is 17.8. The summed E-state index contributed by atoms with van der Waals surface area (Å²) < 4.78 is 66.9. The van der Waals surface area contributed by atoms with Crippen LogP contribution < -0.4 is 5.32 Å². The number of carbonyl (C=O) groups excluding carboxylic acids is 1.